The maximum atomic E-state index is 12.8. The van der Waals surface area contributed by atoms with E-state index in [1.54, 1.807) is 0 Å². The number of nitrogens with zero attached hydrogens (tertiary/aromatic N) is 2. The average molecular weight is 422 g/mol. The van der Waals surface area contributed by atoms with E-state index in [1.807, 2.05) is 0 Å². The Morgan fingerprint density at radius 1 is 1.53 bits per heavy atom. The largest absolute Gasteiger partial charge is 0.438 e. The van der Waals surface area contributed by atoms with Gasteiger partial charge in [0.15, 0.2) is 0 Å². The molecule has 1 aliphatic heterocycles. The van der Waals surface area contributed by atoms with Gasteiger partial charge in [-0.15, -0.1) is 11.3 Å². The van der Waals surface area contributed by atoms with Crippen molar-refractivity contribution in [3.05, 3.63) is 19.2 Å². The summed E-state index contributed by atoms with van der Waals surface area (Å²) in [6.07, 6.45) is -4.90. The van der Waals surface area contributed by atoms with Gasteiger partial charge >= 0.3 is 6.18 Å². The predicted octanol–water partition coefficient (Wildman–Crippen LogP) is 3.36. The number of carbonyl (C=O) groups is 1. The fourth-order valence-corrected chi connectivity index (χ4v) is 3.41. The number of hydrazone groups is 1. The summed E-state index contributed by atoms with van der Waals surface area (Å²) in [5.74, 6) is -1.01. The van der Waals surface area contributed by atoms with E-state index < -0.39 is 24.2 Å². The molecule has 0 spiro atoms. The number of thiophene rings is 1. The van der Waals surface area contributed by atoms with Gasteiger partial charge in [0, 0.05) is 17.1 Å². The van der Waals surface area contributed by atoms with Crippen molar-refractivity contribution in [3.8, 4) is 0 Å². The van der Waals surface area contributed by atoms with E-state index in [9.17, 15) is 23.1 Å². The monoisotopic (exact) mass is 420 g/mol. The van der Waals surface area contributed by atoms with Crippen molar-refractivity contribution in [1.29, 1.82) is 0 Å². The van der Waals surface area contributed by atoms with Gasteiger partial charge in [0.05, 0.1) is 8.66 Å². The number of halogens is 5. The van der Waals surface area contributed by atoms with Crippen LogP contribution in [0.4, 0.5) is 13.2 Å². The van der Waals surface area contributed by atoms with E-state index in [0.717, 1.165) is 17.6 Å². The molecule has 104 valence electrons. The Morgan fingerprint density at radius 2 is 2.16 bits per heavy atom. The van der Waals surface area contributed by atoms with Crippen molar-refractivity contribution < 1.29 is 23.1 Å². The number of carbonyl (C=O) groups excluding carboxylic acids is 1. The van der Waals surface area contributed by atoms with Gasteiger partial charge in [-0.1, -0.05) is 0 Å². The Hall–Kier alpha value is -0.450. The zero-order chi connectivity index (χ0) is 14.4. The minimum Gasteiger partial charge on any atom is -0.362 e. The molecule has 0 fully saturated rings. The van der Waals surface area contributed by atoms with Crippen molar-refractivity contribution in [1.82, 2.24) is 5.01 Å². The van der Waals surface area contributed by atoms with E-state index >= 15 is 0 Å². The first kappa shape index (κ1) is 14.9. The fraction of sp³-hybridized carbons (Fsp3) is 0.333. The molecule has 1 aromatic heterocycles. The second-order valence-electron chi connectivity index (χ2n) is 3.67. The number of aliphatic hydroxyl groups is 1. The smallest absolute Gasteiger partial charge is 0.362 e. The van der Waals surface area contributed by atoms with E-state index in [1.165, 1.54) is 6.07 Å². The minimum absolute atomic E-state index is 0.0282. The van der Waals surface area contributed by atoms with Crippen LogP contribution in [0.5, 0.6) is 0 Å². The van der Waals surface area contributed by atoms with Crippen molar-refractivity contribution >= 4 is 55.3 Å². The SMILES string of the molecule is O=C(c1cc(Br)c(Br)s1)N1N=CC[C@@]1(O)C(F)(F)F. The number of rotatable bonds is 1. The molecule has 2 rings (SSSR count). The molecule has 2 heterocycles. The average Bonchev–Trinajstić information content (AvgIpc) is 2.83. The van der Waals surface area contributed by atoms with Gasteiger partial charge in [0.2, 0.25) is 0 Å². The van der Waals surface area contributed by atoms with E-state index in [0.29, 0.717) is 8.26 Å². The molecule has 4 nitrogen and oxygen atoms in total. The molecular weight excluding hydrogens is 417 g/mol. The summed E-state index contributed by atoms with van der Waals surface area (Å²) in [5, 5.41) is 13.0. The van der Waals surface area contributed by atoms with Crippen LogP contribution in [0.3, 0.4) is 0 Å². The van der Waals surface area contributed by atoms with Crippen molar-refractivity contribution in [3.63, 3.8) is 0 Å². The van der Waals surface area contributed by atoms with Crippen LogP contribution in [0.2, 0.25) is 0 Å². The number of hydrogen-bond donors (Lipinski definition) is 1. The van der Waals surface area contributed by atoms with Gasteiger partial charge in [0.25, 0.3) is 11.6 Å². The van der Waals surface area contributed by atoms with Crippen LogP contribution in [0.25, 0.3) is 0 Å². The zero-order valence-corrected chi connectivity index (χ0v) is 12.9. The van der Waals surface area contributed by atoms with Crippen LogP contribution in [-0.2, 0) is 0 Å². The molecule has 0 aliphatic carbocycles. The second kappa shape index (κ2) is 4.83. The molecule has 1 aliphatic rings. The van der Waals surface area contributed by atoms with Gasteiger partial charge in [-0.25, -0.2) is 0 Å². The van der Waals surface area contributed by atoms with Crippen molar-refractivity contribution in [2.45, 2.75) is 18.3 Å². The van der Waals surface area contributed by atoms with Gasteiger partial charge in [-0.2, -0.15) is 23.3 Å². The molecule has 0 saturated heterocycles. The topological polar surface area (TPSA) is 52.9 Å². The van der Waals surface area contributed by atoms with Gasteiger partial charge in [-0.05, 0) is 37.9 Å². The molecule has 0 saturated carbocycles. The first-order valence-corrected chi connectivity index (χ1v) is 7.18. The maximum Gasteiger partial charge on any atom is 0.438 e. The van der Waals surface area contributed by atoms with Crippen molar-refractivity contribution in [2.24, 2.45) is 5.10 Å². The number of hydrogen-bond acceptors (Lipinski definition) is 4. The molecular formula is C9H5Br2F3N2O2S. The van der Waals surface area contributed by atoms with Gasteiger partial charge in [0.1, 0.15) is 0 Å². The van der Waals surface area contributed by atoms with Crippen LogP contribution in [0.15, 0.2) is 19.4 Å². The normalized spacial score (nSPS) is 23.2. The van der Waals surface area contributed by atoms with Crippen LogP contribution in [-0.4, -0.2) is 34.1 Å². The lowest BCUT2D eigenvalue weighted by Gasteiger charge is -2.32. The first-order valence-electron chi connectivity index (χ1n) is 4.78. The van der Waals surface area contributed by atoms with Crippen molar-refractivity contribution in [2.75, 3.05) is 0 Å². The highest BCUT2D eigenvalue weighted by atomic mass is 79.9. The van der Waals surface area contributed by atoms with Crippen LogP contribution >= 0.6 is 43.2 Å². The molecule has 1 aromatic rings. The summed E-state index contributed by atoms with van der Waals surface area (Å²) in [5.41, 5.74) is -3.28. The molecule has 0 unspecified atom stereocenters. The summed E-state index contributed by atoms with van der Waals surface area (Å²) in [6, 6.07) is 1.36. The lowest BCUT2D eigenvalue weighted by Crippen LogP contribution is -2.56. The van der Waals surface area contributed by atoms with Gasteiger partial charge in [-0.3, -0.25) is 4.79 Å². The van der Waals surface area contributed by atoms with Crippen LogP contribution in [0, 0.1) is 0 Å². The lowest BCUT2D eigenvalue weighted by atomic mass is 10.1. The zero-order valence-electron chi connectivity index (χ0n) is 8.91. The molecule has 1 N–H and O–H groups in total. The molecule has 1 amide bonds. The second-order valence-corrected chi connectivity index (χ2v) is 6.89. The maximum absolute atomic E-state index is 12.8. The molecule has 0 radical (unpaired) electrons. The van der Waals surface area contributed by atoms with E-state index in [-0.39, 0.29) is 9.89 Å². The summed E-state index contributed by atoms with van der Waals surface area (Å²) >= 11 is 7.22. The lowest BCUT2D eigenvalue weighted by molar-refractivity contribution is -0.297. The highest BCUT2D eigenvalue weighted by molar-refractivity contribution is 9.13. The molecule has 0 aromatic carbocycles. The summed E-state index contributed by atoms with van der Waals surface area (Å²) < 4.78 is 39.6. The summed E-state index contributed by atoms with van der Waals surface area (Å²) in [4.78, 5) is 12.0. The Morgan fingerprint density at radius 3 is 2.63 bits per heavy atom. The molecule has 10 heteroatoms. The standard InChI is InChI=1S/C9H5Br2F3N2O2S/c10-4-3-5(19-6(4)11)7(17)16-8(18,1-2-15-16)9(12,13)14/h2-3,18H,1H2/t8-/m1/s1. The number of amides is 1. The van der Waals surface area contributed by atoms with E-state index in [4.69, 9.17) is 0 Å². The summed E-state index contributed by atoms with van der Waals surface area (Å²) in [7, 11) is 0. The quantitative estimate of drug-likeness (QED) is 0.755. The highest BCUT2D eigenvalue weighted by Crippen LogP contribution is 2.41. The highest BCUT2D eigenvalue weighted by Gasteiger charge is 2.61. The number of alkyl halides is 3. The Bertz CT molecular complexity index is 541. The third kappa shape index (κ3) is 2.46. The minimum atomic E-state index is -4.98. The van der Waals surface area contributed by atoms with Gasteiger partial charge < -0.3 is 5.11 Å². The Labute approximate surface area is 126 Å². The Kier molecular flexibility index (Phi) is 3.80. The molecule has 0 bridgehead atoms. The Balaban J connectivity index is 2.36. The fourth-order valence-electron chi connectivity index (χ4n) is 1.44. The molecule has 1 atom stereocenters. The van der Waals surface area contributed by atoms with E-state index in [2.05, 4.69) is 37.0 Å². The third-order valence-electron chi connectivity index (χ3n) is 2.43. The third-order valence-corrected chi connectivity index (χ3v) is 5.67. The van der Waals surface area contributed by atoms with Crippen LogP contribution < -0.4 is 0 Å². The summed E-state index contributed by atoms with van der Waals surface area (Å²) in [6.45, 7) is 0. The first-order chi connectivity index (χ1) is 8.67. The van der Waals surface area contributed by atoms with Crippen LogP contribution in [0.1, 0.15) is 16.1 Å². The molecule has 19 heavy (non-hydrogen) atoms. The predicted molar refractivity (Wildman–Crippen MR) is 70.0 cm³/mol.